The van der Waals surface area contributed by atoms with Crippen LogP contribution in [-0.2, 0) is 11.3 Å². The Hall–Kier alpha value is -1.04. The molecule has 0 aromatic carbocycles. The van der Waals surface area contributed by atoms with E-state index < -0.39 is 0 Å². The van der Waals surface area contributed by atoms with Crippen molar-refractivity contribution in [1.29, 1.82) is 0 Å². The summed E-state index contributed by atoms with van der Waals surface area (Å²) >= 11 is 1.86. The Morgan fingerprint density at radius 1 is 1.33 bits per heavy atom. The minimum atomic E-state index is 0.549. The quantitative estimate of drug-likeness (QED) is 0.600. The van der Waals surface area contributed by atoms with Crippen molar-refractivity contribution in [3.63, 3.8) is 0 Å². The van der Waals surface area contributed by atoms with Crippen LogP contribution in [0, 0.1) is 5.92 Å². The Bertz CT molecular complexity index is 568. The molecule has 21 heavy (non-hydrogen) atoms. The molecular weight excluding hydrogens is 282 g/mol. The smallest absolute Gasteiger partial charge is 0.138 e. The van der Waals surface area contributed by atoms with Crippen LogP contribution in [0.1, 0.15) is 26.5 Å². The number of ether oxygens (including phenoxy) is 1. The van der Waals surface area contributed by atoms with Crippen molar-refractivity contribution in [3.05, 3.63) is 30.1 Å². The first-order valence-corrected chi connectivity index (χ1v) is 8.33. The molecule has 0 radical (unpaired) electrons. The number of hydrogen-bond acceptors (Lipinski definition) is 4. The lowest BCUT2D eigenvalue weighted by Gasteiger charge is -2.14. The van der Waals surface area contributed by atoms with E-state index in [1.165, 1.54) is 5.69 Å². The van der Waals surface area contributed by atoms with E-state index in [0.717, 1.165) is 30.4 Å². The molecule has 2 aromatic heterocycles. The molecule has 1 atom stereocenters. The summed E-state index contributed by atoms with van der Waals surface area (Å²) < 4.78 is 7.26. The molecule has 0 aliphatic rings. The summed E-state index contributed by atoms with van der Waals surface area (Å²) in [4.78, 5) is 4.79. The summed E-state index contributed by atoms with van der Waals surface area (Å²) in [6.07, 6.45) is 2.08. The van der Waals surface area contributed by atoms with Crippen LogP contribution < -0.4 is 5.32 Å². The van der Waals surface area contributed by atoms with E-state index in [9.17, 15) is 0 Å². The zero-order chi connectivity index (χ0) is 15.2. The van der Waals surface area contributed by atoms with E-state index in [2.05, 4.69) is 42.8 Å². The normalized spacial score (nSPS) is 13.2. The average molecular weight is 307 g/mol. The van der Waals surface area contributed by atoms with Crippen molar-refractivity contribution >= 4 is 17.4 Å². The first kappa shape index (κ1) is 16.3. The van der Waals surface area contributed by atoms with Crippen LogP contribution in [0.2, 0.25) is 0 Å². The highest BCUT2D eigenvalue weighted by Gasteiger charge is 2.16. The Labute approximate surface area is 131 Å². The maximum absolute atomic E-state index is 5.08. The van der Waals surface area contributed by atoms with Crippen molar-refractivity contribution in [1.82, 2.24) is 14.7 Å². The number of nitrogens with zero attached hydrogens (tertiary/aromatic N) is 2. The van der Waals surface area contributed by atoms with Crippen LogP contribution in [0.15, 0.2) is 29.4 Å². The van der Waals surface area contributed by atoms with Crippen LogP contribution in [0.3, 0.4) is 0 Å². The fourth-order valence-corrected chi connectivity index (χ4v) is 3.05. The lowest BCUT2D eigenvalue weighted by atomic mass is 10.2. The Morgan fingerprint density at radius 2 is 2.14 bits per heavy atom. The standard InChI is InChI=1S/C16H25N3OS/c1-12(2)13(3)21-16-14(11-17-8-10-20-4)19-9-6-5-7-15(19)18-16/h5-7,9,12-13,17H,8,10-11H2,1-4H3. The number of rotatable bonds is 8. The predicted octanol–water partition coefficient (Wildman–Crippen LogP) is 3.21. The van der Waals surface area contributed by atoms with E-state index in [0.29, 0.717) is 11.2 Å². The maximum Gasteiger partial charge on any atom is 0.138 e. The van der Waals surface area contributed by atoms with Gasteiger partial charge in [-0.25, -0.2) is 4.98 Å². The molecule has 0 spiro atoms. The third-order valence-corrected chi connectivity index (χ3v) is 5.07. The molecule has 2 rings (SSSR count). The van der Waals surface area contributed by atoms with Crippen LogP contribution >= 0.6 is 11.8 Å². The maximum atomic E-state index is 5.08. The lowest BCUT2D eigenvalue weighted by Crippen LogP contribution is -2.20. The summed E-state index contributed by atoms with van der Waals surface area (Å²) in [5, 5.41) is 5.11. The van der Waals surface area contributed by atoms with E-state index >= 15 is 0 Å². The second-order valence-corrected chi connectivity index (χ2v) is 6.90. The number of aromatic nitrogens is 2. The number of methoxy groups -OCH3 is 1. The van der Waals surface area contributed by atoms with Gasteiger partial charge in [0.05, 0.1) is 12.3 Å². The molecule has 0 fully saturated rings. The average Bonchev–Trinajstić information content (AvgIpc) is 2.81. The van der Waals surface area contributed by atoms with Gasteiger partial charge in [0, 0.05) is 31.6 Å². The lowest BCUT2D eigenvalue weighted by molar-refractivity contribution is 0.199. The van der Waals surface area contributed by atoms with Crippen LogP contribution in [0.4, 0.5) is 0 Å². The molecule has 1 unspecified atom stereocenters. The summed E-state index contributed by atoms with van der Waals surface area (Å²) in [5.74, 6) is 0.633. The largest absolute Gasteiger partial charge is 0.383 e. The van der Waals surface area contributed by atoms with Gasteiger partial charge in [-0.1, -0.05) is 26.8 Å². The predicted molar refractivity (Wildman–Crippen MR) is 88.9 cm³/mol. The molecule has 0 saturated heterocycles. The molecule has 5 heteroatoms. The van der Waals surface area contributed by atoms with Crippen molar-refractivity contribution < 1.29 is 4.74 Å². The first-order valence-electron chi connectivity index (χ1n) is 7.45. The molecule has 2 aromatic rings. The molecule has 4 nitrogen and oxygen atoms in total. The monoisotopic (exact) mass is 307 g/mol. The van der Waals surface area contributed by atoms with Crippen LogP contribution in [0.5, 0.6) is 0 Å². The Balaban J connectivity index is 2.21. The fraction of sp³-hybridized carbons (Fsp3) is 0.562. The molecule has 0 aliphatic heterocycles. The van der Waals surface area contributed by atoms with Crippen molar-refractivity contribution in [2.75, 3.05) is 20.3 Å². The number of thioether (sulfide) groups is 1. The number of imidazole rings is 1. The highest BCUT2D eigenvalue weighted by molar-refractivity contribution is 7.99. The Kier molecular flexibility index (Phi) is 6.08. The second kappa shape index (κ2) is 7.82. The molecule has 116 valence electrons. The third-order valence-electron chi connectivity index (χ3n) is 3.60. The van der Waals surface area contributed by atoms with Gasteiger partial charge < -0.3 is 14.5 Å². The number of pyridine rings is 1. The minimum absolute atomic E-state index is 0.549. The highest BCUT2D eigenvalue weighted by Crippen LogP contribution is 2.30. The minimum Gasteiger partial charge on any atom is -0.383 e. The Morgan fingerprint density at radius 3 is 2.86 bits per heavy atom. The van der Waals surface area contributed by atoms with Gasteiger partial charge in [0.25, 0.3) is 0 Å². The zero-order valence-electron chi connectivity index (χ0n) is 13.3. The highest BCUT2D eigenvalue weighted by atomic mass is 32.2. The van der Waals surface area contributed by atoms with Gasteiger partial charge in [0.15, 0.2) is 0 Å². The molecule has 0 aliphatic carbocycles. The fourth-order valence-electron chi connectivity index (χ4n) is 1.97. The van der Waals surface area contributed by atoms with Gasteiger partial charge in [-0.2, -0.15) is 0 Å². The summed E-state index contributed by atoms with van der Waals surface area (Å²) in [7, 11) is 1.72. The van der Waals surface area contributed by atoms with Crippen molar-refractivity contribution in [2.24, 2.45) is 5.92 Å². The van der Waals surface area contributed by atoms with E-state index in [-0.39, 0.29) is 0 Å². The number of nitrogens with one attached hydrogen (secondary N) is 1. The van der Waals surface area contributed by atoms with Crippen LogP contribution in [-0.4, -0.2) is 34.9 Å². The second-order valence-electron chi connectivity index (χ2n) is 5.53. The molecule has 0 bridgehead atoms. The topological polar surface area (TPSA) is 38.6 Å². The van der Waals surface area contributed by atoms with Gasteiger partial charge in [-0.3, -0.25) is 0 Å². The first-order chi connectivity index (χ1) is 10.1. The third kappa shape index (κ3) is 4.22. The van der Waals surface area contributed by atoms with Crippen molar-refractivity contribution in [3.8, 4) is 0 Å². The van der Waals surface area contributed by atoms with Gasteiger partial charge >= 0.3 is 0 Å². The molecule has 2 heterocycles. The van der Waals surface area contributed by atoms with E-state index in [1.807, 2.05) is 23.9 Å². The van der Waals surface area contributed by atoms with Crippen LogP contribution in [0.25, 0.3) is 5.65 Å². The number of hydrogen-bond donors (Lipinski definition) is 1. The van der Waals surface area contributed by atoms with Gasteiger partial charge in [0.1, 0.15) is 10.7 Å². The molecule has 1 N–H and O–H groups in total. The van der Waals surface area contributed by atoms with Gasteiger partial charge in [0.2, 0.25) is 0 Å². The van der Waals surface area contributed by atoms with E-state index in [4.69, 9.17) is 9.72 Å². The summed E-state index contributed by atoms with van der Waals surface area (Å²) in [5.41, 5.74) is 2.25. The molecule has 0 amide bonds. The van der Waals surface area contributed by atoms with E-state index in [1.54, 1.807) is 7.11 Å². The molecule has 0 saturated carbocycles. The van der Waals surface area contributed by atoms with Gasteiger partial charge in [-0.05, 0) is 18.1 Å². The van der Waals surface area contributed by atoms with Crippen molar-refractivity contribution in [2.45, 2.75) is 37.6 Å². The van der Waals surface area contributed by atoms with Gasteiger partial charge in [-0.15, -0.1) is 11.8 Å². The molecular formula is C16H25N3OS. The summed E-state index contributed by atoms with van der Waals surface area (Å²) in [6.45, 7) is 9.15. The number of fused-ring (bicyclic) bond motifs is 1. The summed E-state index contributed by atoms with van der Waals surface area (Å²) in [6, 6.07) is 6.14. The zero-order valence-corrected chi connectivity index (χ0v) is 14.1. The SMILES string of the molecule is COCCNCc1c(SC(C)C(C)C)nc2ccccn12.